The summed E-state index contributed by atoms with van der Waals surface area (Å²) >= 11 is 0. The molecule has 1 saturated carbocycles. The van der Waals surface area contributed by atoms with Crippen LogP contribution < -0.4 is 0 Å². The molecule has 0 spiro atoms. The first-order valence-corrected chi connectivity index (χ1v) is 4.34. The van der Waals surface area contributed by atoms with E-state index in [0.29, 0.717) is 12.8 Å². The Morgan fingerprint density at radius 1 is 1.29 bits per heavy atom. The number of ether oxygens (including phenoxy) is 1. The van der Waals surface area contributed by atoms with Gasteiger partial charge in [-0.1, -0.05) is 0 Å². The van der Waals surface area contributed by atoms with Crippen molar-refractivity contribution >= 4 is 0 Å². The highest BCUT2D eigenvalue weighted by molar-refractivity contribution is 4.84. The second-order valence-electron chi connectivity index (χ2n) is 3.55. The van der Waals surface area contributed by atoms with Crippen LogP contribution in [-0.2, 0) is 4.74 Å². The summed E-state index contributed by atoms with van der Waals surface area (Å²) in [6.07, 6.45) is -1.37. The van der Waals surface area contributed by atoms with E-state index in [4.69, 9.17) is 5.11 Å². The van der Waals surface area contributed by atoms with Crippen LogP contribution >= 0.6 is 0 Å². The molecule has 0 saturated heterocycles. The zero-order valence-electron chi connectivity index (χ0n) is 7.64. The molecule has 0 aromatic rings. The predicted octanol–water partition coefficient (Wildman–Crippen LogP) is 2.16. The van der Waals surface area contributed by atoms with Gasteiger partial charge in [-0.25, -0.2) is 8.78 Å². The molecule has 0 aromatic heterocycles. The van der Waals surface area contributed by atoms with Crippen LogP contribution in [0.4, 0.5) is 17.6 Å². The molecule has 1 N–H and O–H groups in total. The molecule has 1 aliphatic rings. The van der Waals surface area contributed by atoms with Gasteiger partial charge >= 0.3 is 11.8 Å². The van der Waals surface area contributed by atoms with Crippen LogP contribution in [-0.4, -0.2) is 29.3 Å². The van der Waals surface area contributed by atoms with Crippen molar-refractivity contribution < 1.29 is 27.4 Å². The standard InChI is InChI=1S/C8H12F4O2/c1-7(9,10)8(11,12)6(13)14-5-3-2-4-5/h5-6,13H,2-4H2,1H3. The molecule has 1 atom stereocenters. The van der Waals surface area contributed by atoms with Crippen molar-refractivity contribution in [3.05, 3.63) is 0 Å². The van der Waals surface area contributed by atoms with E-state index in [2.05, 4.69) is 4.74 Å². The van der Waals surface area contributed by atoms with Gasteiger partial charge in [-0.3, -0.25) is 0 Å². The number of aliphatic hydroxyl groups excluding tert-OH is 1. The van der Waals surface area contributed by atoms with Crippen LogP contribution in [0.1, 0.15) is 26.2 Å². The van der Waals surface area contributed by atoms with E-state index in [-0.39, 0.29) is 6.92 Å². The number of rotatable bonds is 4. The number of halogens is 4. The molecule has 0 amide bonds. The molecule has 6 heteroatoms. The second-order valence-corrected chi connectivity index (χ2v) is 3.55. The summed E-state index contributed by atoms with van der Waals surface area (Å²) in [5.74, 6) is -8.82. The normalized spacial score (nSPS) is 21.9. The lowest BCUT2D eigenvalue weighted by Gasteiger charge is -2.33. The fourth-order valence-corrected chi connectivity index (χ4v) is 0.991. The molecule has 0 heterocycles. The Morgan fingerprint density at radius 3 is 2.07 bits per heavy atom. The summed E-state index contributed by atoms with van der Waals surface area (Å²) in [5.41, 5.74) is 0. The van der Waals surface area contributed by atoms with E-state index in [1.807, 2.05) is 0 Å². The van der Waals surface area contributed by atoms with E-state index in [9.17, 15) is 17.6 Å². The lowest BCUT2D eigenvalue weighted by molar-refractivity contribution is -0.324. The van der Waals surface area contributed by atoms with Crippen molar-refractivity contribution in [3.63, 3.8) is 0 Å². The minimum atomic E-state index is -4.54. The van der Waals surface area contributed by atoms with E-state index in [0.717, 1.165) is 6.42 Å². The third kappa shape index (κ3) is 2.17. The summed E-state index contributed by atoms with van der Waals surface area (Å²) in [6, 6.07) is 0. The van der Waals surface area contributed by atoms with Crippen molar-refractivity contribution in [1.82, 2.24) is 0 Å². The first-order chi connectivity index (χ1) is 6.25. The zero-order chi connectivity index (χ0) is 11.0. The van der Waals surface area contributed by atoms with E-state index in [1.165, 1.54) is 0 Å². The maximum absolute atomic E-state index is 12.7. The largest absolute Gasteiger partial charge is 0.363 e. The van der Waals surface area contributed by atoms with Crippen LogP contribution in [0.2, 0.25) is 0 Å². The summed E-state index contributed by atoms with van der Waals surface area (Å²) < 4.78 is 54.5. The Labute approximate surface area is 78.9 Å². The summed E-state index contributed by atoms with van der Waals surface area (Å²) in [4.78, 5) is 0. The molecule has 0 bridgehead atoms. The molecular formula is C8H12F4O2. The Hall–Kier alpha value is -0.360. The number of hydrogen-bond acceptors (Lipinski definition) is 2. The van der Waals surface area contributed by atoms with Gasteiger partial charge in [-0.2, -0.15) is 8.78 Å². The van der Waals surface area contributed by atoms with Crippen molar-refractivity contribution in [3.8, 4) is 0 Å². The van der Waals surface area contributed by atoms with Gasteiger partial charge in [-0.15, -0.1) is 0 Å². The quantitative estimate of drug-likeness (QED) is 0.576. The van der Waals surface area contributed by atoms with Gasteiger partial charge in [0.05, 0.1) is 6.10 Å². The van der Waals surface area contributed by atoms with Crippen LogP contribution in [0.3, 0.4) is 0 Å². The predicted molar refractivity (Wildman–Crippen MR) is 40.3 cm³/mol. The molecule has 0 aliphatic heterocycles. The minimum Gasteiger partial charge on any atom is -0.363 e. The Kier molecular flexibility index (Phi) is 3.06. The maximum atomic E-state index is 12.7. The van der Waals surface area contributed by atoms with Gasteiger partial charge in [0.2, 0.25) is 6.29 Å². The molecule has 1 rings (SSSR count). The van der Waals surface area contributed by atoms with Crippen LogP contribution in [0.5, 0.6) is 0 Å². The molecule has 84 valence electrons. The van der Waals surface area contributed by atoms with Gasteiger partial charge in [0.1, 0.15) is 0 Å². The van der Waals surface area contributed by atoms with Crippen molar-refractivity contribution in [1.29, 1.82) is 0 Å². The number of aliphatic hydroxyl groups is 1. The Balaban J connectivity index is 2.52. The van der Waals surface area contributed by atoms with E-state index in [1.54, 1.807) is 0 Å². The molecular weight excluding hydrogens is 204 g/mol. The zero-order valence-corrected chi connectivity index (χ0v) is 7.64. The lowest BCUT2D eigenvalue weighted by Crippen LogP contribution is -2.50. The monoisotopic (exact) mass is 216 g/mol. The molecule has 1 fully saturated rings. The molecule has 1 aliphatic carbocycles. The highest BCUT2D eigenvalue weighted by Crippen LogP contribution is 2.38. The van der Waals surface area contributed by atoms with E-state index >= 15 is 0 Å². The molecule has 1 unspecified atom stereocenters. The van der Waals surface area contributed by atoms with Gasteiger partial charge in [-0.05, 0) is 19.3 Å². The Bertz CT molecular complexity index is 198. The smallest absolute Gasteiger partial charge is 0.359 e. The van der Waals surface area contributed by atoms with Crippen LogP contribution in [0.25, 0.3) is 0 Å². The summed E-state index contributed by atoms with van der Waals surface area (Å²) in [6.45, 7) is 0.0559. The highest BCUT2D eigenvalue weighted by atomic mass is 19.3. The van der Waals surface area contributed by atoms with Crippen LogP contribution in [0, 0.1) is 0 Å². The molecule has 0 aromatic carbocycles. The first-order valence-electron chi connectivity index (χ1n) is 4.34. The average molecular weight is 216 g/mol. The van der Waals surface area contributed by atoms with Gasteiger partial charge in [0.25, 0.3) is 0 Å². The number of alkyl halides is 4. The Morgan fingerprint density at radius 2 is 1.79 bits per heavy atom. The second kappa shape index (κ2) is 3.66. The summed E-state index contributed by atoms with van der Waals surface area (Å²) in [7, 11) is 0. The number of hydrogen-bond donors (Lipinski definition) is 1. The third-order valence-electron chi connectivity index (χ3n) is 2.27. The SMILES string of the molecule is CC(F)(F)C(F)(F)C(O)OC1CCC1. The third-order valence-corrected chi connectivity index (χ3v) is 2.27. The molecule has 2 nitrogen and oxygen atoms in total. The van der Waals surface area contributed by atoms with Crippen molar-refractivity contribution in [2.45, 2.75) is 50.4 Å². The average Bonchev–Trinajstić information content (AvgIpc) is 1.93. The first kappa shape index (κ1) is 11.7. The fraction of sp³-hybridized carbons (Fsp3) is 1.00. The van der Waals surface area contributed by atoms with E-state index < -0.39 is 24.2 Å². The fourth-order valence-electron chi connectivity index (χ4n) is 0.991. The van der Waals surface area contributed by atoms with Gasteiger partial charge < -0.3 is 9.84 Å². The van der Waals surface area contributed by atoms with Gasteiger partial charge in [0, 0.05) is 6.92 Å². The highest BCUT2D eigenvalue weighted by Gasteiger charge is 2.59. The topological polar surface area (TPSA) is 29.5 Å². The van der Waals surface area contributed by atoms with Crippen molar-refractivity contribution in [2.75, 3.05) is 0 Å². The molecule has 0 radical (unpaired) electrons. The van der Waals surface area contributed by atoms with Gasteiger partial charge in [0.15, 0.2) is 0 Å². The lowest BCUT2D eigenvalue weighted by atomic mass is 9.96. The summed E-state index contributed by atoms with van der Waals surface area (Å²) in [5, 5.41) is 8.80. The molecule has 14 heavy (non-hydrogen) atoms. The minimum absolute atomic E-state index is 0.0559. The maximum Gasteiger partial charge on any atom is 0.359 e. The van der Waals surface area contributed by atoms with Crippen LogP contribution in [0.15, 0.2) is 0 Å². The van der Waals surface area contributed by atoms with Crippen molar-refractivity contribution in [2.24, 2.45) is 0 Å².